The monoisotopic (exact) mass is 1060 g/mol. The fourth-order valence-corrected chi connectivity index (χ4v) is 34.2. The first-order valence-electron chi connectivity index (χ1n) is 26.1. The maximum atomic E-state index is 8.81. The smallest absolute Gasteiger partial charge is 0.390 e. The molecular formula is C66H49BO6Si4. The number of para-hydroxylation sites is 2. The first-order valence-corrected chi connectivity index (χ1v) is 33.3. The lowest BCUT2D eigenvalue weighted by Crippen LogP contribution is -2.88. The quantitative estimate of drug-likeness (QED) is 0.140. The van der Waals surface area contributed by atoms with Gasteiger partial charge in [-0.1, -0.05) is 273 Å². The molecule has 0 aromatic heterocycles. The summed E-state index contributed by atoms with van der Waals surface area (Å²) >= 11 is 0. The van der Waals surface area contributed by atoms with Crippen LogP contribution in [0.15, 0.2) is 297 Å². The molecule has 0 aliphatic carbocycles. The van der Waals surface area contributed by atoms with Gasteiger partial charge in [0.15, 0.2) is 0 Å². The Hall–Kier alpha value is -8.21. The molecule has 3 heterocycles. The molecule has 11 aromatic carbocycles. The van der Waals surface area contributed by atoms with E-state index in [1.165, 1.54) is 0 Å². The Balaban J connectivity index is 1.08. The van der Waals surface area contributed by atoms with Crippen LogP contribution in [0.5, 0.6) is 23.0 Å². The highest BCUT2D eigenvalue weighted by Gasteiger charge is 2.68. The zero-order chi connectivity index (χ0) is 51.3. The Labute approximate surface area is 453 Å². The predicted molar refractivity (Wildman–Crippen MR) is 319 cm³/mol. The largest absolute Gasteiger partial charge is 0.458 e. The first kappa shape index (κ1) is 47.3. The van der Waals surface area contributed by atoms with Crippen molar-refractivity contribution in [1.29, 1.82) is 0 Å². The summed E-state index contributed by atoms with van der Waals surface area (Å²) in [5, 5.41) is 7.39. The number of rotatable bonds is 9. The van der Waals surface area contributed by atoms with Crippen molar-refractivity contribution < 1.29 is 25.9 Å². The van der Waals surface area contributed by atoms with Gasteiger partial charge in [0.25, 0.3) is 6.71 Å². The van der Waals surface area contributed by atoms with E-state index >= 15 is 0 Å². The van der Waals surface area contributed by atoms with Gasteiger partial charge in [-0.3, -0.25) is 0 Å². The Morgan fingerprint density at radius 3 is 0.818 bits per heavy atom. The topological polar surface area (TPSA) is 55.4 Å². The molecule has 0 unspecified atom stereocenters. The number of ether oxygens (including phenoxy) is 2. The second kappa shape index (κ2) is 19.4. The highest BCUT2D eigenvalue weighted by Crippen LogP contribution is 2.39. The van der Waals surface area contributed by atoms with E-state index in [0.717, 1.165) is 92.0 Å². The standard InChI is InChI=1S/C66H49BO6Si4/c1-8-28-52(29-9-1)74(53-30-10-2-11-31-53)70-75(54-32-12-3-13-33-54,55-34-14-4-15-35-55)72-77(58-40-20-7-21-41-58,73-76(71-74,56-36-16-5-17-37-56)57-38-18-6-19-39-57)59-42-26-27-50(47-59)51-48-64-66-65(49-51)69-63-46-25-23-44-61(63)67(66)60-43-22-24-45-62(60)68-64/h1-49H. The summed E-state index contributed by atoms with van der Waals surface area (Å²) in [5.74, 6) is 3.20. The van der Waals surface area contributed by atoms with Gasteiger partial charge in [0.1, 0.15) is 23.0 Å². The van der Waals surface area contributed by atoms with E-state index in [0.29, 0.717) is 0 Å². The molecule has 0 atom stereocenters. The average Bonchev–Trinajstić information content (AvgIpc) is 3.53. The van der Waals surface area contributed by atoms with Crippen LogP contribution in [0.1, 0.15) is 0 Å². The lowest BCUT2D eigenvalue weighted by Gasteiger charge is -2.53. The van der Waals surface area contributed by atoms with Crippen molar-refractivity contribution in [3.63, 3.8) is 0 Å². The summed E-state index contributed by atoms with van der Waals surface area (Å²) in [7, 11) is -16.6. The van der Waals surface area contributed by atoms with Crippen molar-refractivity contribution in [2.24, 2.45) is 0 Å². The molecule has 368 valence electrons. The van der Waals surface area contributed by atoms with Gasteiger partial charge < -0.3 is 25.9 Å². The molecular weight excluding hydrogens is 1010 g/mol. The van der Waals surface area contributed by atoms with Crippen molar-refractivity contribution in [3.8, 4) is 34.1 Å². The van der Waals surface area contributed by atoms with Crippen LogP contribution in [-0.2, 0) is 16.5 Å². The minimum atomic E-state index is -4.26. The third-order valence-electron chi connectivity index (χ3n) is 15.1. The van der Waals surface area contributed by atoms with Crippen LogP contribution in [0.25, 0.3) is 11.1 Å². The fourth-order valence-electron chi connectivity index (χ4n) is 11.6. The Kier molecular flexibility index (Phi) is 11.9. The minimum Gasteiger partial charge on any atom is -0.458 e. The van der Waals surface area contributed by atoms with Gasteiger partial charge in [0.2, 0.25) is 0 Å². The van der Waals surface area contributed by atoms with Crippen LogP contribution in [0, 0.1) is 0 Å². The van der Waals surface area contributed by atoms with E-state index in [1.54, 1.807) is 0 Å². The molecule has 0 spiro atoms. The van der Waals surface area contributed by atoms with Crippen molar-refractivity contribution in [3.05, 3.63) is 297 Å². The van der Waals surface area contributed by atoms with Crippen molar-refractivity contribution in [2.75, 3.05) is 0 Å². The molecule has 1 saturated heterocycles. The van der Waals surface area contributed by atoms with Gasteiger partial charge in [-0.25, -0.2) is 0 Å². The van der Waals surface area contributed by atoms with E-state index in [9.17, 15) is 0 Å². The third kappa shape index (κ3) is 7.98. The van der Waals surface area contributed by atoms with E-state index < -0.39 is 34.2 Å². The van der Waals surface area contributed by atoms with Gasteiger partial charge in [0, 0.05) is 5.46 Å². The third-order valence-corrected chi connectivity index (χ3v) is 33.0. The van der Waals surface area contributed by atoms with E-state index in [2.05, 4.69) is 285 Å². The maximum absolute atomic E-state index is 8.81. The molecule has 14 rings (SSSR count). The fraction of sp³-hybridized carbons (Fsp3) is 0. The first-order chi connectivity index (χ1) is 38.1. The minimum absolute atomic E-state index is 0.0497. The van der Waals surface area contributed by atoms with Gasteiger partial charge in [-0.15, -0.1) is 0 Å². The number of hydrogen-bond donors (Lipinski definition) is 0. The van der Waals surface area contributed by atoms with Crippen molar-refractivity contribution in [1.82, 2.24) is 0 Å². The van der Waals surface area contributed by atoms with Crippen molar-refractivity contribution >= 4 is 98.8 Å². The molecule has 1 fully saturated rings. The molecule has 0 N–H and O–H groups in total. The predicted octanol–water partition coefficient (Wildman–Crippen LogP) is 7.49. The summed E-state index contributed by atoms with van der Waals surface area (Å²) < 4.78 is 48.7. The highest BCUT2D eigenvalue weighted by atomic mass is 28.5. The number of benzene rings is 11. The lowest BCUT2D eigenvalue weighted by molar-refractivity contribution is 0.268. The summed E-state index contributed by atoms with van der Waals surface area (Å²) in [6, 6.07) is 104. The second-order valence-electron chi connectivity index (χ2n) is 19.6. The molecule has 11 aromatic rings. The summed E-state index contributed by atoms with van der Waals surface area (Å²) in [4.78, 5) is 0. The molecule has 0 amide bonds. The zero-order valence-electron chi connectivity index (χ0n) is 41.8. The SMILES string of the molecule is c1ccc([Si]2(c3ccccc3)O[Si](c3ccccc3)(c3ccccc3)O[Si](c3ccccc3)(c3cccc(-c4cc5c6c(c4)Oc4ccccc4B6c4ccccc4O5)c3)O[Si](c3ccccc3)(c3ccccc3)O2)cc1. The van der Waals surface area contributed by atoms with E-state index in [1.807, 2.05) is 12.1 Å². The van der Waals surface area contributed by atoms with Crippen LogP contribution in [0.2, 0.25) is 0 Å². The summed E-state index contributed by atoms with van der Waals surface area (Å²) in [6.07, 6.45) is 0. The van der Waals surface area contributed by atoms with Gasteiger partial charge in [-0.2, -0.15) is 0 Å². The number of hydrogen-bond acceptors (Lipinski definition) is 6. The maximum Gasteiger partial charge on any atom is 0.390 e. The molecule has 11 heteroatoms. The lowest BCUT2D eigenvalue weighted by atomic mass is 9.35. The van der Waals surface area contributed by atoms with Crippen LogP contribution >= 0.6 is 0 Å². The Morgan fingerprint density at radius 1 is 0.221 bits per heavy atom. The van der Waals surface area contributed by atoms with Crippen molar-refractivity contribution in [2.45, 2.75) is 0 Å². The van der Waals surface area contributed by atoms with E-state index in [-0.39, 0.29) is 6.71 Å². The van der Waals surface area contributed by atoms with Crippen LogP contribution in [-0.4, -0.2) is 41.0 Å². The normalized spacial score (nSPS) is 16.2. The van der Waals surface area contributed by atoms with Gasteiger partial charge >= 0.3 is 34.2 Å². The molecule has 77 heavy (non-hydrogen) atoms. The van der Waals surface area contributed by atoms with Crippen LogP contribution < -0.4 is 67.4 Å². The van der Waals surface area contributed by atoms with Gasteiger partial charge in [0.05, 0.1) is 0 Å². The van der Waals surface area contributed by atoms with Crippen LogP contribution in [0.3, 0.4) is 0 Å². The number of fused-ring (bicyclic) bond motifs is 4. The molecule has 0 bridgehead atoms. The second-order valence-corrected chi connectivity index (χ2v) is 32.4. The Morgan fingerprint density at radius 2 is 0.494 bits per heavy atom. The van der Waals surface area contributed by atoms with Gasteiger partial charge in [-0.05, 0) is 87.8 Å². The van der Waals surface area contributed by atoms with E-state index in [4.69, 9.17) is 25.9 Å². The molecule has 0 radical (unpaired) electrons. The van der Waals surface area contributed by atoms with Crippen LogP contribution in [0.4, 0.5) is 0 Å². The zero-order valence-corrected chi connectivity index (χ0v) is 45.8. The summed E-state index contributed by atoms with van der Waals surface area (Å²) in [5.41, 5.74) is 5.12. The Bertz CT molecular complexity index is 3620. The highest BCUT2D eigenvalue weighted by molar-refractivity contribution is 7.16. The molecule has 0 saturated carbocycles. The molecule has 3 aliphatic rings. The average molecular weight is 1060 g/mol. The summed E-state index contributed by atoms with van der Waals surface area (Å²) in [6.45, 7) is -0.0497. The molecule has 6 nitrogen and oxygen atoms in total. The molecule has 3 aliphatic heterocycles.